The predicted octanol–water partition coefficient (Wildman–Crippen LogP) is 3.06. The molecule has 1 N–H and O–H groups in total. The van der Waals surface area contributed by atoms with E-state index in [1.807, 2.05) is 0 Å². The Balaban J connectivity index is 1.93. The first-order valence-corrected chi connectivity index (χ1v) is 6.27. The molecule has 0 aromatic heterocycles. The lowest BCUT2D eigenvalue weighted by Crippen LogP contribution is -2.40. The van der Waals surface area contributed by atoms with Crippen molar-refractivity contribution in [2.24, 2.45) is 23.2 Å². The van der Waals surface area contributed by atoms with Crippen LogP contribution in [0.3, 0.4) is 0 Å². The fourth-order valence-electron chi connectivity index (χ4n) is 3.17. The van der Waals surface area contributed by atoms with Crippen molar-refractivity contribution in [2.75, 3.05) is 6.54 Å². The largest absolute Gasteiger partial charge is 0.314 e. The number of hydrogen-bond acceptors (Lipinski definition) is 1. The van der Waals surface area contributed by atoms with E-state index in [0.29, 0.717) is 11.5 Å². The molecule has 1 heteroatoms. The molecular formula is C13H25N. The first-order valence-electron chi connectivity index (χ1n) is 6.27. The van der Waals surface area contributed by atoms with Gasteiger partial charge in [-0.3, -0.25) is 0 Å². The second-order valence-corrected chi connectivity index (χ2v) is 6.22. The van der Waals surface area contributed by atoms with Crippen LogP contribution in [0.1, 0.15) is 47.0 Å². The maximum absolute atomic E-state index is 3.65. The molecule has 2 rings (SSSR count). The van der Waals surface area contributed by atoms with Gasteiger partial charge in [0.2, 0.25) is 0 Å². The van der Waals surface area contributed by atoms with Crippen LogP contribution < -0.4 is 5.32 Å². The standard InChI is InChI=1S/C13H25N/c1-9(2)13(8-14-10(3)4)6-11-5-12(11)7-13/h9-12,14H,5-8H2,1-4H3. The molecule has 2 atom stereocenters. The van der Waals surface area contributed by atoms with Gasteiger partial charge in [-0.1, -0.05) is 27.7 Å². The van der Waals surface area contributed by atoms with Crippen molar-refractivity contribution in [1.82, 2.24) is 5.32 Å². The number of hydrogen-bond donors (Lipinski definition) is 1. The molecule has 0 radical (unpaired) electrons. The van der Waals surface area contributed by atoms with Crippen molar-refractivity contribution >= 4 is 0 Å². The summed E-state index contributed by atoms with van der Waals surface area (Å²) < 4.78 is 0. The Bertz CT molecular complexity index is 197. The van der Waals surface area contributed by atoms with Crippen LogP contribution in [0.4, 0.5) is 0 Å². The molecule has 2 fully saturated rings. The van der Waals surface area contributed by atoms with Crippen molar-refractivity contribution in [3.63, 3.8) is 0 Å². The van der Waals surface area contributed by atoms with Gasteiger partial charge in [-0.05, 0) is 42.4 Å². The van der Waals surface area contributed by atoms with Crippen LogP contribution in [-0.2, 0) is 0 Å². The topological polar surface area (TPSA) is 12.0 Å². The van der Waals surface area contributed by atoms with Crippen molar-refractivity contribution in [3.05, 3.63) is 0 Å². The minimum Gasteiger partial charge on any atom is -0.314 e. The van der Waals surface area contributed by atoms with Gasteiger partial charge in [0.25, 0.3) is 0 Å². The average Bonchev–Trinajstić information content (AvgIpc) is 2.71. The van der Waals surface area contributed by atoms with Crippen LogP contribution in [-0.4, -0.2) is 12.6 Å². The van der Waals surface area contributed by atoms with Gasteiger partial charge in [0, 0.05) is 12.6 Å². The summed E-state index contributed by atoms with van der Waals surface area (Å²) in [6.45, 7) is 10.6. The maximum atomic E-state index is 3.65. The van der Waals surface area contributed by atoms with E-state index in [1.54, 1.807) is 0 Å². The number of rotatable bonds is 4. The number of fused-ring (bicyclic) bond motifs is 1. The van der Waals surface area contributed by atoms with Gasteiger partial charge in [0.05, 0.1) is 0 Å². The molecule has 2 aliphatic rings. The Morgan fingerprint density at radius 2 is 1.71 bits per heavy atom. The monoisotopic (exact) mass is 195 g/mol. The second kappa shape index (κ2) is 3.52. The van der Waals surface area contributed by atoms with Gasteiger partial charge in [0.15, 0.2) is 0 Å². The minimum atomic E-state index is 0.637. The van der Waals surface area contributed by atoms with Crippen LogP contribution in [0.2, 0.25) is 0 Å². The lowest BCUT2D eigenvalue weighted by Gasteiger charge is -2.36. The Hall–Kier alpha value is -0.0400. The summed E-state index contributed by atoms with van der Waals surface area (Å²) >= 11 is 0. The van der Waals surface area contributed by atoms with Crippen LogP contribution in [0.15, 0.2) is 0 Å². The average molecular weight is 195 g/mol. The first-order chi connectivity index (χ1) is 6.53. The van der Waals surface area contributed by atoms with Crippen molar-refractivity contribution < 1.29 is 0 Å². The third-order valence-corrected chi connectivity index (χ3v) is 4.49. The van der Waals surface area contributed by atoms with Gasteiger partial charge >= 0.3 is 0 Å². The van der Waals surface area contributed by atoms with Crippen molar-refractivity contribution in [3.8, 4) is 0 Å². The SMILES string of the molecule is CC(C)NCC1(C(C)C)CC2CC2C1. The van der Waals surface area contributed by atoms with Gasteiger partial charge in [0.1, 0.15) is 0 Å². The van der Waals surface area contributed by atoms with Gasteiger partial charge in [-0.2, -0.15) is 0 Å². The Morgan fingerprint density at radius 3 is 2.14 bits per heavy atom. The Kier molecular flexibility index (Phi) is 2.63. The first kappa shape index (κ1) is 10.5. The molecule has 14 heavy (non-hydrogen) atoms. The highest BCUT2D eigenvalue weighted by Gasteiger charge is 2.54. The summed E-state index contributed by atoms with van der Waals surface area (Å²) in [4.78, 5) is 0. The highest BCUT2D eigenvalue weighted by atomic mass is 14.9. The Morgan fingerprint density at radius 1 is 1.14 bits per heavy atom. The molecule has 0 aliphatic heterocycles. The summed E-state index contributed by atoms with van der Waals surface area (Å²) in [5.74, 6) is 3.05. The Labute approximate surface area is 88.7 Å². The molecule has 0 aromatic carbocycles. The van der Waals surface area contributed by atoms with Crippen LogP contribution >= 0.6 is 0 Å². The fourth-order valence-corrected chi connectivity index (χ4v) is 3.17. The summed E-state index contributed by atoms with van der Waals surface area (Å²) in [5.41, 5.74) is 0.637. The van der Waals surface area contributed by atoms with E-state index in [1.165, 1.54) is 25.8 Å². The van der Waals surface area contributed by atoms with Crippen molar-refractivity contribution in [2.45, 2.75) is 53.0 Å². The molecule has 0 heterocycles. The zero-order valence-electron chi connectivity index (χ0n) is 10.1. The summed E-state index contributed by atoms with van der Waals surface area (Å²) in [7, 11) is 0. The molecule has 2 saturated carbocycles. The van der Waals surface area contributed by atoms with Crippen LogP contribution in [0, 0.1) is 23.2 Å². The molecule has 2 aliphatic carbocycles. The zero-order chi connectivity index (χ0) is 10.3. The van der Waals surface area contributed by atoms with E-state index in [4.69, 9.17) is 0 Å². The molecule has 0 spiro atoms. The van der Waals surface area contributed by atoms with E-state index in [0.717, 1.165) is 17.8 Å². The summed E-state index contributed by atoms with van der Waals surface area (Å²) in [5, 5.41) is 3.65. The lowest BCUT2D eigenvalue weighted by molar-refractivity contribution is 0.163. The zero-order valence-corrected chi connectivity index (χ0v) is 10.1. The van der Waals surface area contributed by atoms with Gasteiger partial charge in [-0.15, -0.1) is 0 Å². The van der Waals surface area contributed by atoms with Gasteiger partial charge < -0.3 is 5.32 Å². The molecule has 0 saturated heterocycles. The van der Waals surface area contributed by atoms with Gasteiger partial charge in [-0.25, -0.2) is 0 Å². The quantitative estimate of drug-likeness (QED) is 0.727. The smallest absolute Gasteiger partial charge is 0.00128 e. The van der Waals surface area contributed by atoms with Crippen LogP contribution in [0.25, 0.3) is 0 Å². The van der Waals surface area contributed by atoms with Crippen molar-refractivity contribution in [1.29, 1.82) is 0 Å². The third kappa shape index (κ3) is 1.84. The predicted molar refractivity (Wildman–Crippen MR) is 61.2 cm³/mol. The fraction of sp³-hybridized carbons (Fsp3) is 1.00. The van der Waals surface area contributed by atoms with E-state index in [-0.39, 0.29) is 0 Å². The molecular weight excluding hydrogens is 170 g/mol. The molecule has 0 bridgehead atoms. The molecule has 2 unspecified atom stereocenters. The molecule has 0 aromatic rings. The molecule has 1 nitrogen and oxygen atoms in total. The summed E-state index contributed by atoms with van der Waals surface area (Å²) in [6, 6.07) is 0.641. The third-order valence-electron chi connectivity index (χ3n) is 4.49. The highest BCUT2D eigenvalue weighted by Crippen LogP contribution is 2.62. The highest BCUT2D eigenvalue weighted by molar-refractivity contribution is 5.05. The maximum Gasteiger partial charge on any atom is 0.00128 e. The van der Waals surface area contributed by atoms with E-state index in [9.17, 15) is 0 Å². The van der Waals surface area contributed by atoms with E-state index < -0.39 is 0 Å². The molecule has 82 valence electrons. The number of nitrogens with one attached hydrogen (secondary N) is 1. The van der Waals surface area contributed by atoms with Crippen LogP contribution in [0.5, 0.6) is 0 Å². The summed E-state index contributed by atoms with van der Waals surface area (Å²) in [6.07, 6.45) is 4.53. The minimum absolute atomic E-state index is 0.637. The normalized spacial score (nSPS) is 40.7. The molecule has 0 amide bonds. The van der Waals surface area contributed by atoms with E-state index >= 15 is 0 Å². The second-order valence-electron chi connectivity index (χ2n) is 6.22. The van der Waals surface area contributed by atoms with E-state index in [2.05, 4.69) is 33.0 Å². The lowest BCUT2D eigenvalue weighted by atomic mass is 9.73.